The van der Waals surface area contributed by atoms with Gasteiger partial charge in [-0.25, -0.2) is 4.79 Å². The van der Waals surface area contributed by atoms with Crippen LogP contribution in [0.15, 0.2) is 48.6 Å². The van der Waals surface area contributed by atoms with Crippen LogP contribution in [0.1, 0.15) is 55.1 Å². The van der Waals surface area contributed by atoms with Crippen molar-refractivity contribution in [2.24, 2.45) is 11.3 Å². The summed E-state index contributed by atoms with van der Waals surface area (Å²) in [6.07, 6.45) is 7.59. The molecule has 40 heavy (non-hydrogen) atoms. The Morgan fingerprint density at radius 2 is 1.90 bits per heavy atom. The number of allylic oxidation sites excluding steroid dienone is 1. The van der Waals surface area contributed by atoms with Crippen molar-refractivity contribution in [2.45, 2.75) is 57.6 Å². The van der Waals surface area contributed by atoms with Gasteiger partial charge in [-0.15, -0.1) is 0 Å². The maximum absolute atomic E-state index is 12.8. The standard InChI is InChI=1S/C30H29NO7.C2H6/c1-15(2)24(33)17-7-9-19(26(35)25(17)34)36-12-22(32)37-20-8-6-16-11-18-28-29(14-31(18)3)10-4-5-21-30(28,13-29)23(16)27(20)38-21;1-2/h4,6-10,18,21,28,34-35H,1,5,11-14H2,2-3H3;1-2H3/t18?,21-,28?,29?,30?;/m0./s1. The van der Waals surface area contributed by atoms with Crippen LogP contribution >= 0.6 is 0 Å². The zero-order valence-electron chi connectivity index (χ0n) is 23.3. The van der Waals surface area contributed by atoms with E-state index in [0.717, 1.165) is 25.8 Å². The first-order valence-electron chi connectivity index (χ1n) is 14.0. The second-order valence-electron chi connectivity index (χ2n) is 11.5. The molecule has 8 rings (SSSR count). The van der Waals surface area contributed by atoms with Crippen LogP contribution in [0.25, 0.3) is 0 Å². The summed E-state index contributed by atoms with van der Waals surface area (Å²) in [5.74, 6) is -1.02. The van der Waals surface area contributed by atoms with Crippen molar-refractivity contribution in [1.82, 2.24) is 4.90 Å². The summed E-state index contributed by atoms with van der Waals surface area (Å²) >= 11 is 0. The number of fused-ring (bicyclic) bond motifs is 1. The SMILES string of the molecule is C=C(C)C(=O)c1ccc(OCC(=O)Oc2ccc3c4c2O[C@H]2CC=CC56CN(C)C(C3)C5C42C6)c(O)c1O.CC. The molecule has 2 aliphatic heterocycles. The molecule has 2 fully saturated rings. The maximum atomic E-state index is 12.8. The fraction of sp³-hybridized carbons (Fsp3) is 0.438. The monoisotopic (exact) mass is 545 g/mol. The van der Waals surface area contributed by atoms with Gasteiger partial charge in [0.1, 0.15) is 6.10 Å². The highest BCUT2D eigenvalue weighted by molar-refractivity contribution is 6.10. The number of ether oxygens (including phenoxy) is 3. The number of likely N-dealkylation sites (tertiary alicyclic amines) is 1. The number of esters is 1. The van der Waals surface area contributed by atoms with E-state index in [9.17, 15) is 19.8 Å². The Balaban J connectivity index is 0.00000142. The molecule has 5 atom stereocenters. The number of rotatable bonds is 6. The van der Waals surface area contributed by atoms with Gasteiger partial charge in [0.2, 0.25) is 5.75 Å². The molecule has 8 nitrogen and oxygen atoms in total. The van der Waals surface area contributed by atoms with Crippen LogP contribution in [-0.2, 0) is 16.6 Å². The molecule has 2 bridgehead atoms. The summed E-state index contributed by atoms with van der Waals surface area (Å²) in [4.78, 5) is 27.4. The lowest BCUT2D eigenvalue weighted by atomic mass is 9.40. The van der Waals surface area contributed by atoms with Crippen LogP contribution in [0.2, 0.25) is 0 Å². The number of carbonyl (C=O) groups excluding carboxylic acids is 2. The molecule has 0 amide bonds. The van der Waals surface area contributed by atoms with Gasteiger partial charge in [0, 0.05) is 35.4 Å². The number of phenols is 2. The smallest absolute Gasteiger partial charge is 0.349 e. The largest absolute Gasteiger partial charge is 0.504 e. The lowest BCUT2D eigenvalue weighted by molar-refractivity contribution is -0.136. The molecular formula is C32H35NO7. The van der Waals surface area contributed by atoms with E-state index in [0.29, 0.717) is 23.5 Å². The van der Waals surface area contributed by atoms with Gasteiger partial charge in [-0.2, -0.15) is 0 Å². The first kappa shape index (κ1) is 26.4. The molecule has 2 heterocycles. The van der Waals surface area contributed by atoms with Crippen molar-refractivity contribution in [1.29, 1.82) is 0 Å². The number of hydrogen-bond acceptors (Lipinski definition) is 8. The normalized spacial score (nSPS) is 29.6. The van der Waals surface area contributed by atoms with Crippen LogP contribution in [0.5, 0.6) is 28.7 Å². The van der Waals surface area contributed by atoms with E-state index in [4.69, 9.17) is 14.2 Å². The van der Waals surface area contributed by atoms with Crippen LogP contribution in [-0.4, -0.2) is 59.2 Å². The summed E-state index contributed by atoms with van der Waals surface area (Å²) in [6, 6.07) is 6.98. The van der Waals surface area contributed by atoms with Gasteiger partial charge >= 0.3 is 5.97 Å². The van der Waals surface area contributed by atoms with Crippen molar-refractivity contribution in [3.05, 3.63) is 65.3 Å². The first-order chi connectivity index (χ1) is 19.2. The Kier molecular flexibility index (Phi) is 6.03. The van der Waals surface area contributed by atoms with E-state index in [1.54, 1.807) is 6.07 Å². The molecule has 1 saturated carbocycles. The fourth-order valence-corrected chi connectivity index (χ4v) is 8.09. The number of carbonyl (C=O) groups is 2. The van der Waals surface area contributed by atoms with Crippen LogP contribution in [0.4, 0.5) is 0 Å². The van der Waals surface area contributed by atoms with E-state index in [1.807, 2.05) is 13.8 Å². The Labute approximate surface area is 233 Å². The molecule has 210 valence electrons. The van der Waals surface area contributed by atoms with E-state index in [1.165, 1.54) is 30.2 Å². The Morgan fingerprint density at radius 1 is 1.15 bits per heavy atom. The number of Topliss-reactive ketones (excluding diaryl/α,β-unsaturated/α-hetero) is 1. The summed E-state index contributed by atoms with van der Waals surface area (Å²) in [5, 5.41) is 20.5. The average Bonchev–Trinajstić information content (AvgIpc) is 3.27. The lowest BCUT2D eigenvalue weighted by Crippen LogP contribution is -2.65. The third kappa shape index (κ3) is 3.41. The lowest BCUT2D eigenvalue weighted by Gasteiger charge is -2.61. The molecule has 2 aromatic rings. The van der Waals surface area contributed by atoms with E-state index in [-0.39, 0.29) is 33.8 Å². The van der Waals surface area contributed by atoms with E-state index in [2.05, 4.69) is 36.7 Å². The highest BCUT2D eigenvalue weighted by Gasteiger charge is 2.76. The summed E-state index contributed by atoms with van der Waals surface area (Å²) in [5.41, 5.74) is 2.76. The quantitative estimate of drug-likeness (QED) is 0.134. The van der Waals surface area contributed by atoms with Gasteiger partial charge in [-0.3, -0.25) is 4.79 Å². The predicted molar refractivity (Wildman–Crippen MR) is 148 cm³/mol. The summed E-state index contributed by atoms with van der Waals surface area (Å²) in [6.45, 7) is 9.63. The Bertz CT molecular complexity index is 1480. The van der Waals surface area contributed by atoms with E-state index >= 15 is 0 Å². The molecule has 1 saturated heterocycles. The molecular weight excluding hydrogens is 510 g/mol. The molecule has 2 spiro atoms. The Hall–Kier alpha value is -3.78. The minimum Gasteiger partial charge on any atom is -0.504 e. The van der Waals surface area contributed by atoms with Gasteiger partial charge in [0.15, 0.2) is 35.4 Å². The van der Waals surface area contributed by atoms with Gasteiger partial charge in [0.05, 0.1) is 5.56 Å². The van der Waals surface area contributed by atoms with Crippen molar-refractivity contribution in [3.8, 4) is 28.7 Å². The minimum absolute atomic E-state index is 0.0267. The maximum Gasteiger partial charge on any atom is 0.349 e. The molecule has 6 aliphatic rings. The summed E-state index contributed by atoms with van der Waals surface area (Å²) in [7, 11) is 2.23. The first-order valence-corrected chi connectivity index (χ1v) is 14.0. The fourth-order valence-electron chi connectivity index (χ4n) is 8.09. The molecule has 4 unspecified atom stereocenters. The van der Waals surface area contributed by atoms with Crippen molar-refractivity contribution >= 4 is 11.8 Å². The van der Waals surface area contributed by atoms with Gasteiger partial charge < -0.3 is 29.3 Å². The van der Waals surface area contributed by atoms with E-state index < -0.39 is 29.9 Å². The number of ketones is 1. The second-order valence-corrected chi connectivity index (χ2v) is 11.5. The number of nitrogens with zero attached hydrogens (tertiary/aromatic N) is 1. The predicted octanol–water partition coefficient (Wildman–Crippen LogP) is 4.70. The van der Waals surface area contributed by atoms with Gasteiger partial charge in [-0.05, 0) is 62.1 Å². The molecule has 0 radical (unpaired) electrons. The van der Waals surface area contributed by atoms with Crippen LogP contribution in [0, 0.1) is 11.3 Å². The zero-order valence-corrected chi connectivity index (χ0v) is 23.3. The molecule has 0 aromatic heterocycles. The topological polar surface area (TPSA) is 106 Å². The number of likely N-dealkylation sites (N-methyl/N-ethyl adjacent to an activating group) is 1. The zero-order chi connectivity index (χ0) is 28.6. The van der Waals surface area contributed by atoms with Crippen LogP contribution in [0.3, 0.4) is 0 Å². The second kappa shape index (κ2) is 9.13. The van der Waals surface area contributed by atoms with Crippen LogP contribution < -0.4 is 14.2 Å². The molecule has 4 aliphatic carbocycles. The average molecular weight is 546 g/mol. The van der Waals surface area contributed by atoms with Crippen molar-refractivity contribution in [3.63, 3.8) is 0 Å². The third-order valence-corrected chi connectivity index (χ3v) is 9.34. The number of benzene rings is 2. The van der Waals surface area contributed by atoms with Gasteiger partial charge in [0.25, 0.3) is 0 Å². The minimum atomic E-state index is -0.674. The highest BCUT2D eigenvalue weighted by atomic mass is 16.6. The summed E-state index contributed by atoms with van der Waals surface area (Å²) < 4.78 is 17.7. The van der Waals surface area contributed by atoms with Crippen molar-refractivity contribution in [2.75, 3.05) is 20.2 Å². The Morgan fingerprint density at radius 3 is 2.65 bits per heavy atom. The molecule has 8 heteroatoms. The number of aromatic hydroxyl groups is 2. The molecule has 2 N–H and O–H groups in total. The van der Waals surface area contributed by atoms with Crippen molar-refractivity contribution < 1.29 is 34.0 Å². The number of phenolic OH excluding ortho intramolecular Hbond substituents is 2. The molecule has 2 aromatic carbocycles. The highest BCUT2D eigenvalue weighted by Crippen LogP contribution is 2.75. The van der Waals surface area contributed by atoms with Gasteiger partial charge in [-0.1, -0.05) is 38.6 Å². The third-order valence-electron chi connectivity index (χ3n) is 9.34. The number of hydrogen-bond donors (Lipinski definition) is 2.